The van der Waals surface area contributed by atoms with Gasteiger partial charge in [0.25, 0.3) is 0 Å². The predicted molar refractivity (Wildman–Crippen MR) is 115 cm³/mol. The number of carbonyl (C=O) groups is 1. The summed E-state index contributed by atoms with van der Waals surface area (Å²) in [5.41, 5.74) is 1.09. The first-order chi connectivity index (χ1) is 14.1. The van der Waals surface area contributed by atoms with E-state index in [0.717, 1.165) is 68.5 Å². The molecular formula is C21H33N5O3. The number of ether oxygens (including phenoxy) is 2. The van der Waals surface area contributed by atoms with E-state index in [1.165, 1.54) is 0 Å². The van der Waals surface area contributed by atoms with E-state index in [2.05, 4.69) is 25.8 Å². The Bertz CT molecular complexity index is 698. The Morgan fingerprint density at radius 3 is 2.45 bits per heavy atom. The van der Waals surface area contributed by atoms with Gasteiger partial charge in [-0.15, -0.1) is 0 Å². The maximum absolute atomic E-state index is 11.7. The molecule has 3 rings (SSSR count). The van der Waals surface area contributed by atoms with Gasteiger partial charge in [0.1, 0.15) is 11.5 Å². The first-order valence-electron chi connectivity index (χ1n) is 10.4. The van der Waals surface area contributed by atoms with Crippen LogP contribution in [0.3, 0.4) is 0 Å². The molecular weight excluding hydrogens is 370 g/mol. The van der Waals surface area contributed by atoms with Crippen molar-refractivity contribution in [3.8, 4) is 11.5 Å². The molecule has 1 aliphatic carbocycles. The van der Waals surface area contributed by atoms with E-state index < -0.39 is 0 Å². The van der Waals surface area contributed by atoms with Gasteiger partial charge in [0.2, 0.25) is 5.91 Å². The van der Waals surface area contributed by atoms with Crippen molar-refractivity contribution in [1.29, 1.82) is 0 Å². The van der Waals surface area contributed by atoms with Crippen LogP contribution in [0.4, 0.5) is 5.69 Å². The second-order valence-corrected chi connectivity index (χ2v) is 7.59. The number of aliphatic imine (C=N–C) groups is 1. The number of nitrogens with one attached hydrogen (secondary N) is 3. The summed E-state index contributed by atoms with van der Waals surface area (Å²) in [6.07, 6.45) is 4.61. The summed E-state index contributed by atoms with van der Waals surface area (Å²) >= 11 is 0. The van der Waals surface area contributed by atoms with Crippen molar-refractivity contribution in [2.24, 2.45) is 4.99 Å². The third kappa shape index (κ3) is 6.44. The zero-order valence-corrected chi connectivity index (χ0v) is 17.7. The SMILES string of the molecule is CN=C(NCCCC(=O)NC1CC1)NC1CCN(c2cc(OC)cc(OC)c2)C1. The van der Waals surface area contributed by atoms with Crippen molar-refractivity contribution in [2.45, 2.75) is 44.2 Å². The topological polar surface area (TPSA) is 87.2 Å². The van der Waals surface area contributed by atoms with Crippen molar-refractivity contribution in [1.82, 2.24) is 16.0 Å². The average Bonchev–Trinajstić information content (AvgIpc) is 3.43. The Balaban J connectivity index is 1.42. The fourth-order valence-corrected chi connectivity index (χ4v) is 3.46. The minimum Gasteiger partial charge on any atom is -0.497 e. The third-order valence-electron chi connectivity index (χ3n) is 5.27. The summed E-state index contributed by atoms with van der Waals surface area (Å²) in [6.45, 7) is 2.55. The minimum absolute atomic E-state index is 0.150. The molecule has 2 fully saturated rings. The monoisotopic (exact) mass is 403 g/mol. The van der Waals surface area contributed by atoms with Crippen molar-refractivity contribution >= 4 is 17.6 Å². The van der Waals surface area contributed by atoms with Gasteiger partial charge in [0.05, 0.1) is 14.2 Å². The van der Waals surface area contributed by atoms with E-state index in [9.17, 15) is 4.79 Å². The molecule has 0 bridgehead atoms. The number of carbonyl (C=O) groups excluding carboxylic acids is 1. The average molecular weight is 404 g/mol. The Morgan fingerprint density at radius 2 is 1.83 bits per heavy atom. The number of hydrogen-bond donors (Lipinski definition) is 3. The zero-order valence-electron chi connectivity index (χ0n) is 17.7. The van der Waals surface area contributed by atoms with E-state index in [4.69, 9.17) is 9.47 Å². The molecule has 160 valence electrons. The molecule has 1 aromatic rings. The summed E-state index contributed by atoms with van der Waals surface area (Å²) in [4.78, 5) is 18.4. The van der Waals surface area contributed by atoms with Gasteiger partial charge in [0.15, 0.2) is 5.96 Å². The van der Waals surface area contributed by atoms with Gasteiger partial charge < -0.3 is 30.3 Å². The van der Waals surface area contributed by atoms with Gasteiger partial charge >= 0.3 is 0 Å². The van der Waals surface area contributed by atoms with Crippen molar-refractivity contribution in [3.63, 3.8) is 0 Å². The maximum atomic E-state index is 11.7. The fourth-order valence-electron chi connectivity index (χ4n) is 3.46. The van der Waals surface area contributed by atoms with E-state index >= 15 is 0 Å². The molecule has 2 aliphatic rings. The number of amides is 1. The Labute approximate surface area is 173 Å². The first-order valence-corrected chi connectivity index (χ1v) is 10.4. The zero-order chi connectivity index (χ0) is 20.6. The van der Waals surface area contributed by atoms with Crippen LogP contribution in [-0.4, -0.2) is 64.9 Å². The highest BCUT2D eigenvalue weighted by atomic mass is 16.5. The summed E-state index contributed by atoms with van der Waals surface area (Å²) in [5.74, 6) is 2.51. The number of rotatable bonds is 9. The lowest BCUT2D eigenvalue weighted by Gasteiger charge is -2.21. The van der Waals surface area contributed by atoms with Crippen LogP contribution in [-0.2, 0) is 4.79 Å². The van der Waals surface area contributed by atoms with Crippen LogP contribution in [0, 0.1) is 0 Å². The predicted octanol–water partition coefficient (Wildman–Crippen LogP) is 1.51. The molecule has 8 heteroatoms. The van der Waals surface area contributed by atoms with Crippen LogP contribution in [0.2, 0.25) is 0 Å². The molecule has 29 heavy (non-hydrogen) atoms. The first kappa shape index (κ1) is 21.1. The number of guanidine groups is 1. The van der Waals surface area contributed by atoms with Gasteiger partial charge in [-0.2, -0.15) is 0 Å². The van der Waals surface area contributed by atoms with Gasteiger partial charge in [0, 0.05) is 69.1 Å². The molecule has 3 N–H and O–H groups in total. The lowest BCUT2D eigenvalue weighted by atomic mass is 10.2. The molecule has 0 radical (unpaired) electrons. The molecule has 1 atom stereocenters. The summed E-state index contributed by atoms with van der Waals surface area (Å²) < 4.78 is 10.8. The van der Waals surface area contributed by atoms with Crippen LogP contribution in [0.25, 0.3) is 0 Å². The molecule has 0 aromatic heterocycles. The van der Waals surface area contributed by atoms with Gasteiger partial charge in [-0.3, -0.25) is 9.79 Å². The van der Waals surface area contributed by atoms with Gasteiger partial charge in [-0.25, -0.2) is 0 Å². The van der Waals surface area contributed by atoms with E-state index in [-0.39, 0.29) is 5.91 Å². The Hall–Kier alpha value is -2.64. The molecule has 1 unspecified atom stereocenters. The quantitative estimate of drug-likeness (QED) is 0.329. The number of anilines is 1. The Morgan fingerprint density at radius 1 is 1.10 bits per heavy atom. The number of benzene rings is 1. The molecule has 1 amide bonds. The second kappa shape index (κ2) is 10.2. The molecule has 0 spiro atoms. The summed E-state index contributed by atoms with van der Waals surface area (Å²) in [6, 6.07) is 6.68. The smallest absolute Gasteiger partial charge is 0.220 e. The third-order valence-corrected chi connectivity index (χ3v) is 5.27. The van der Waals surface area contributed by atoms with E-state index in [1.54, 1.807) is 21.3 Å². The summed E-state index contributed by atoms with van der Waals surface area (Å²) in [5, 5.41) is 9.81. The largest absolute Gasteiger partial charge is 0.497 e. The van der Waals surface area contributed by atoms with Crippen molar-refractivity contribution < 1.29 is 14.3 Å². The molecule has 1 aliphatic heterocycles. The standard InChI is InChI=1S/C21H33N5O3/c1-22-21(23-9-4-5-20(27)24-15-6-7-15)25-16-8-10-26(14-16)17-11-18(28-2)13-19(12-17)29-3/h11-13,15-16H,4-10,14H2,1-3H3,(H,24,27)(H2,22,23,25). The molecule has 1 saturated heterocycles. The van der Waals surface area contributed by atoms with E-state index in [0.29, 0.717) is 18.5 Å². The molecule has 1 saturated carbocycles. The molecule has 1 aromatic carbocycles. The molecule has 1 heterocycles. The highest BCUT2D eigenvalue weighted by Gasteiger charge is 2.25. The Kier molecular flexibility index (Phi) is 7.43. The van der Waals surface area contributed by atoms with E-state index in [1.807, 2.05) is 18.2 Å². The van der Waals surface area contributed by atoms with Crippen LogP contribution < -0.4 is 30.3 Å². The maximum Gasteiger partial charge on any atom is 0.220 e. The van der Waals surface area contributed by atoms with Crippen molar-refractivity contribution in [2.75, 3.05) is 45.8 Å². The lowest BCUT2D eigenvalue weighted by molar-refractivity contribution is -0.121. The number of hydrogen-bond acceptors (Lipinski definition) is 5. The number of methoxy groups -OCH3 is 2. The van der Waals surface area contributed by atoms with Crippen LogP contribution in [0.15, 0.2) is 23.2 Å². The second-order valence-electron chi connectivity index (χ2n) is 7.59. The van der Waals surface area contributed by atoms with Crippen LogP contribution >= 0.6 is 0 Å². The van der Waals surface area contributed by atoms with Crippen LogP contribution in [0.5, 0.6) is 11.5 Å². The lowest BCUT2D eigenvalue weighted by Crippen LogP contribution is -2.45. The fraction of sp³-hybridized carbons (Fsp3) is 0.619. The molecule has 8 nitrogen and oxygen atoms in total. The highest BCUT2D eigenvalue weighted by molar-refractivity contribution is 5.80. The highest BCUT2D eigenvalue weighted by Crippen LogP contribution is 2.30. The normalized spacial score (nSPS) is 19.1. The number of nitrogens with zero attached hydrogens (tertiary/aromatic N) is 2. The van der Waals surface area contributed by atoms with Crippen LogP contribution in [0.1, 0.15) is 32.1 Å². The van der Waals surface area contributed by atoms with Crippen molar-refractivity contribution in [3.05, 3.63) is 18.2 Å². The van der Waals surface area contributed by atoms with Gasteiger partial charge in [-0.1, -0.05) is 0 Å². The minimum atomic E-state index is 0.150. The summed E-state index contributed by atoms with van der Waals surface area (Å²) in [7, 11) is 5.10. The van der Waals surface area contributed by atoms with Gasteiger partial charge in [-0.05, 0) is 25.7 Å².